The summed E-state index contributed by atoms with van der Waals surface area (Å²) in [4.78, 5) is 11.8. The molecule has 5 nitrogen and oxygen atoms in total. The van der Waals surface area contributed by atoms with Crippen molar-refractivity contribution in [3.63, 3.8) is 0 Å². The topological polar surface area (TPSA) is 54.0 Å². The Morgan fingerprint density at radius 2 is 1.91 bits per heavy atom. The van der Waals surface area contributed by atoms with Crippen LogP contribution in [0.25, 0.3) is 0 Å². The van der Waals surface area contributed by atoms with Crippen molar-refractivity contribution in [2.24, 2.45) is 5.92 Å². The SMILES string of the molecule is COC(=O)C1C(OCF)=CC(C(F)(F)F)=CC1(OC)OCF. The van der Waals surface area contributed by atoms with Crippen LogP contribution in [0.5, 0.6) is 0 Å². The molecule has 0 aromatic rings. The summed E-state index contributed by atoms with van der Waals surface area (Å²) in [5.41, 5.74) is -1.34. The molecule has 0 heterocycles. The highest BCUT2D eigenvalue weighted by molar-refractivity contribution is 5.78. The van der Waals surface area contributed by atoms with Crippen LogP contribution in [0.1, 0.15) is 0 Å². The zero-order valence-corrected chi connectivity index (χ0v) is 11.6. The minimum atomic E-state index is -4.88. The minimum absolute atomic E-state index is 0.374. The molecule has 126 valence electrons. The van der Waals surface area contributed by atoms with Gasteiger partial charge in [-0.1, -0.05) is 0 Å². The zero-order chi connectivity index (χ0) is 17.0. The average Bonchev–Trinajstić information content (AvgIpc) is 2.45. The van der Waals surface area contributed by atoms with E-state index in [1.807, 2.05) is 0 Å². The number of allylic oxidation sites excluding steroid dienone is 2. The number of carbonyl (C=O) groups excluding carboxylic acids is 1. The van der Waals surface area contributed by atoms with Gasteiger partial charge in [-0.3, -0.25) is 4.79 Å². The van der Waals surface area contributed by atoms with Gasteiger partial charge in [0.15, 0.2) is 12.8 Å². The van der Waals surface area contributed by atoms with Crippen LogP contribution in [0.2, 0.25) is 0 Å². The molecule has 0 saturated carbocycles. The first-order chi connectivity index (χ1) is 10.3. The van der Waals surface area contributed by atoms with E-state index < -0.39 is 48.9 Å². The Bertz CT molecular complexity index is 473. The summed E-state index contributed by atoms with van der Waals surface area (Å²) >= 11 is 0. The minimum Gasteiger partial charge on any atom is -0.468 e. The highest BCUT2D eigenvalue weighted by atomic mass is 19.4. The summed E-state index contributed by atoms with van der Waals surface area (Å²) in [6.45, 7) is -3.08. The van der Waals surface area contributed by atoms with E-state index in [0.717, 1.165) is 14.2 Å². The van der Waals surface area contributed by atoms with Crippen LogP contribution in [0.3, 0.4) is 0 Å². The van der Waals surface area contributed by atoms with Gasteiger partial charge in [0.1, 0.15) is 5.76 Å². The number of halogens is 5. The fourth-order valence-electron chi connectivity index (χ4n) is 1.97. The summed E-state index contributed by atoms with van der Waals surface area (Å²) < 4.78 is 81.9. The van der Waals surface area contributed by atoms with Gasteiger partial charge < -0.3 is 18.9 Å². The normalized spacial score (nSPS) is 25.3. The largest absolute Gasteiger partial charge is 0.468 e. The third-order valence-corrected chi connectivity index (χ3v) is 2.93. The Balaban J connectivity index is 3.48. The second kappa shape index (κ2) is 7.05. The summed E-state index contributed by atoms with van der Waals surface area (Å²) in [7, 11) is 1.84. The highest BCUT2D eigenvalue weighted by Crippen LogP contribution is 2.42. The van der Waals surface area contributed by atoms with Crippen molar-refractivity contribution >= 4 is 5.97 Å². The van der Waals surface area contributed by atoms with Crippen LogP contribution in [0.15, 0.2) is 23.5 Å². The molecule has 10 heteroatoms. The van der Waals surface area contributed by atoms with E-state index >= 15 is 0 Å². The lowest BCUT2D eigenvalue weighted by molar-refractivity contribution is -0.242. The lowest BCUT2D eigenvalue weighted by Gasteiger charge is -2.38. The molecule has 0 aromatic carbocycles. The van der Waals surface area contributed by atoms with E-state index in [1.54, 1.807) is 0 Å². The monoisotopic (exact) mass is 332 g/mol. The van der Waals surface area contributed by atoms with Crippen LogP contribution >= 0.6 is 0 Å². The Labute approximate surface area is 122 Å². The molecule has 1 aliphatic rings. The van der Waals surface area contributed by atoms with Gasteiger partial charge in [-0.2, -0.15) is 13.2 Å². The lowest BCUT2D eigenvalue weighted by Crippen LogP contribution is -2.49. The molecule has 0 aromatic heterocycles. The molecule has 2 unspecified atom stereocenters. The Kier molecular flexibility index (Phi) is 5.89. The molecule has 2 atom stereocenters. The maximum absolute atomic E-state index is 12.9. The van der Waals surface area contributed by atoms with E-state index in [-0.39, 0.29) is 0 Å². The van der Waals surface area contributed by atoms with E-state index in [9.17, 15) is 26.7 Å². The maximum atomic E-state index is 12.9. The smallest absolute Gasteiger partial charge is 0.416 e. The van der Waals surface area contributed by atoms with Crippen molar-refractivity contribution in [2.75, 3.05) is 27.9 Å². The predicted octanol–water partition coefficient (Wildman–Crippen LogP) is 2.39. The zero-order valence-electron chi connectivity index (χ0n) is 11.6. The first-order valence-corrected chi connectivity index (χ1v) is 5.79. The molecule has 0 N–H and O–H groups in total. The van der Waals surface area contributed by atoms with Crippen LogP contribution < -0.4 is 0 Å². The second-order valence-electron chi connectivity index (χ2n) is 4.03. The van der Waals surface area contributed by atoms with E-state index in [0.29, 0.717) is 12.2 Å². The third-order valence-electron chi connectivity index (χ3n) is 2.93. The highest BCUT2D eigenvalue weighted by Gasteiger charge is 2.53. The maximum Gasteiger partial charge on any atom is 0.416 e. The predicted molar refractivity (Wildman–Crippen MR) is 61.6 cm³/mol. The molecule has 0 saturated heterocycles. The van der Waals surface area contributed by atoms with Crippen molar-refractivity contribution in [3.05, 3.63) is 23.5 Å². The number of methoxy groups -OCH3 is 2. The molecule has 0 spiro atoms. The molecule has 0 amide bonds. The molecule has 0 fully saturated rings. The van der Waals surface area contributed by atoms with Gasteiger partial charge in [0.2, 0.25) is 12.6 Å². The summed E-state index contributed by atoms with van der Waals surface area (Å²) in [6, 6.07) is 0. The average molecular weight is 332 g/mol. The van der Waals surface area contributed by atoms with Crippen LogP contribution in [-0.2, 0) is 23.7 Å². The molecular formula is C12H13F5O5. The van der Waals surface area contributed by atoms with Crippen molar-refractivity contribution < 1.29 is 45.7 Å². The first kappa shape index (κ1) is 18.4. The summed E-state index contributed by atoms with van der Waals surface area (Å²) in [6.07, 6.45) is -4.10. The van der Waals surface area contributed by atoms with Gasteiger partial charge >= 0.3 is 12.1 Å². The summed E-state index contributed by atoms with van der Waals surface area (Å²) in [5, 5.41) is 0. The van der Waals surface area contributed by atoms with Gasteiger partial charge in [0.25, 0.3) is 0 Å². The molecule has 0 aliphatic heterocycles. The lowest BCUT2D eigenvalue weighted by atomic mass is 9.87. The Morgan fingerprint density at radius 3 is 2.32 bits per heavy atom. The number of hydrogen-bond acceptors (Lipinski definition) is 5. The van der Waals surface area contributed by atoms with Crippen LogP contribution in [-0.4, -0.2) is 45.9 Å². The van der Waals surface area contributed by atoms with Gasteiger partial charge in [0.05, 0.1) is 12.7 Å². The number of hydrogen-bond donors (Lipinski definition) is 0. The van der Waals surface area contributed by atoms with Gasteiger partial charge in [-0.15, -0.1) is 0 Å². The van der Waals surface area contributed by atoms with Gasteiger partial charge in [-0.25, -0.2) is 8.78 Å². The standard InChI is InChI=1S/C12H13F5O5/c1-19-10(18)9-8(21-5-13)3-7(12(15,16)17)4-11(9,20-2)22-6-14/h3-4,9H,5-6H2,1-2H3. The molecule has 0 radical (unpaired) electrons. The number of ether oxygens (including phenoxy) is 4. The fourth-order valence-corrected chi connectivity index (χ4v) is 1.97. The van der Waals surface area contributed by atoms with Crippen molar-refractivity contribution in [2.45, 2.75) is 12.0 Å². The van der Waals surface area contributed by atoms with E-state index in [2.05, 4.69) is 14.2 Å². The quantitative estimate of drug-likeness (QED) is 0.425. The fraction of sp³-hybridized carbons (Fsp3) is 0.583. The van der Waals surface area contributed by atoms with Crippen LogP contribution in [0, 0.1) is 5.92 Å². The third kappa shape index (κ3) is 3.55. The van der Waals surface area contributed by atoms with Crippen molar-refractivity contribution in [1.29, 1.82) is 0 Å². The van der Waals surface area contributed by atoms with E-state index in [4.69, 9.17) is 4.74 Å². The van der Waals surface area contributed by atoms with Crippen molar-refractivity contribution in [1.82, 2.24) is 0 Å². The number of rotatable bonds is 6. The molecule has 0 bridgehead atoms. The second-order valence-corrected chi connectivity index (χ2v) is 4.03. The van der Waals surface area contributed by atoms with Crippen LogP contribution in [0.4, 0.5) is 22.0 Å². The number of esters is 1. The number of alkyl halides is 5. The molecule has 1 aliphatic carbocycles. The Hall–Kier alpha value is -1.68. The molecular weight excluding hydrogens is 319 g/mol. The van der Waals surface area contributed by atoms with E-state index in [1.165, 1.54) is 0 Å². The number of carbonyl (C=O) groups is 1. The summed E-state index contributed by atoms with van der Waals surface area (Å²) in [5.74, 6) is -6.14. The molecule has 22 heavy (non-hydrogen) atoms. The first-order valence-electron chi connectivity index (χ1n) is 5.79. The Morgan fingerprint density at radius 1 is 1.27 bits per heavy atom. The molecule has 1 rings (SSSR count). The van der Waals surface area contributed by atoms with Crippen molar-refractivity contribution in [3.8, 4) is 0 Å². The van der Waals surface area contributed by atoms with Gasteiger partial charge in [-0.05, 0) is 12.2 Å². The van der Waals surface area contributed by atoms with Gasteiger partial charge in [0, 0.05) is 7.11 Å².